The van der Waals surface area contributed by atoms with E-state index in [9.17, 15) is 4.79 Å². The molecule has 1 fully saturated rings. The number of carbonyl (C=O) groups excluding carboxylic acids is 1. The van der Waals surface area contributed by atoms with Gasteiger partial charge in [0, 0.05) is 24.6 Å². The third-order valence-corrected chi connectivity index (χ3v) is 7.31. The minimum Gasteiger partial charge on any atom is -0.361 e. The molecule has 0 N–H and O–H groups in total. The first-order valence-electron chi connectivity index (χ1n) is 10.0. The van der Waals surface area contributed by atoms with E-state index < -0.39 is 0 Å². The van der Waals surface area contributed by atoms with E-state index in [1.165, 1.54) is 29.0 Å². The van der Waals surface area contributed by atoms with E-state index in [4.69, 9.17) is 4.52 Å². The van der Waals surface area contributed by atoms with Crippen LogP contribution in [0.4, 0.5) is 0 Å². The lowest BCUT2D eigenvalue weighted by molar-refractivity contribution is 0.0709. The Morgan fingerprint density at radius 3 is 2.63 bits per heavy atom. The number of aromatic nitrogens is 2. The summed E-state index contributed by atoms with van der Waals surface area (Å²) in [6, 6.07) is 0. The molecule has 1 amide bonds. The molecule has 2 aliphatic rings. The van der Waals surface area contributed by atoms with Gasteiger partial charge < -0.3 is 9.42 Å². The van der Waals surface area contributed by atoms with E-state index in [1.54, 1.807) is 5.51 Å². The van der Waals surface area contributed by atoms with E-state index in [0.29, 0.717) is 17.3 Å². The van der Waals surface area contributed by atoms with Crippen LogP contribution < -0.4 is 0 Å². The normalized spacial score (nSPS) is 21.3. The number of hydrogen-bond acceptors (Lipinski definition) is 5. The molecule has 4 rings (SSSR count). The Hall–Kier alpha value is -1.69. The first-order valence-corrected chi connectivity index (χ1v) is 10.9. The van der Waals surface area contributed by atoms with Gasteiger partial charge in [0.15, 0.2) is 0 Å². The molecule has 146 valence electrons. The quantitative estimate of drug-likeness (QED) is 0.755. The monoisotopic (exact) mass is 387 g/mol. The lowest BCUT2D eigenvalue weighted by Gasteiger charge is -2.34. The molecule has 27 heavy (non-hydrogen) atoms. The lowest BCUT2D eigenvalue weighted by Crippen LogP contribution is -2.38. The second-order valence-corrected chi connectivity index (χ2v) is 9.97. The van der Waals surface area contributed by atoms with Crippen molar-refractivity contribution in [3.8, 4) is 0 Å². The van der Waals surface area contributed by atoms with E-state index in [1.807, 2.05) is 11.8 Å². The largest absolute Gasteiger partial charge is 0.361 e. The van der Waals surface area contributed by atoms with E-state index >= 15 is 0 Å². The van der Waals surface area contributed by atoms with Gasteiger partial charge in [-0.15, -0.1) is 11.3 Å². The van der Waals surface area contributed by atoms with Crippen LogP contribution in [-0.2, 0) is 12.8 Å². The zero-order valence-electron chi connectivity index (χ0n) is 16.7. The summed E-state index contributed by atoms with van der Waals surface area (Å²) < 4.78 is 5.84. The highest BCUT2D eigenvalue weighted by atomic mass is 32.1. The number of thiazole rings is 1. The van der Waals surface area contributed by atoms with Crippen molar-refractivity contribution in [2.75, 3.05) is 13.1 Å². The first-order chi connectivity index (χ1) is 12.8. The highest BCUT2D eigenvalue weighted by Gasteiger charge is 2.36. The molecule has 1 unspecified atom stereocenters. The smallest absolute Gasteiger partial charge is 0.265 e. The average Bonchev–Trinajstić information content (AvgIpc) is 3.26. The predicted octanol–water partition coefficient (Wildman–Crippen LogP) is 4.61. The summed E-state index contributed by atoms with van der Waals surface area (Å²) in [4.78, 5) is 19.7. The number of hydrogen-bond donors (Lipinski definition) is 0. The summed E-state index contributed by atoms with van der Waals surface area (Å²) in [5.74, 6) is 2.28. The van der Waals surface area contributed by atoms with Crippen LogP contribution >= 0.6 is 11.3 Å². The fourth-order valence-electron chi connectivity index (χ4n) is 4.49. The molecule has 0 aromatic carbocycles. The summed E-state index contributed by atoms with van der Waals surface area (Å²) in [7, 11) is 0. The van der Waals surface area contributed by atoms with Crippen LogP contribution in [0.15, 0.2) is 10.0 Å². The Morgan fingerprint density at radius 2 is 2.00 bits per heavy atom. The minimum absolute atomic E-state index is 0.126. The molecule has 1 aliphatic heterocycles. The van der Waals surface area contributed by atoms with Crippen LogP contribution in [0.1, 0.15) is 78.3 Å². The highest BCUT2D eigenvalue weighted by Crippen LogP contribution is 2.41. The van der Waals surface area contributed by atoms with Crippen LogP contribution in [-0.4, -0.2) is 34.0 Å². The molecule has 0 radical (unpaired) electrons. The number of nitrogens with zero attached hydrogens (tertiary/aromatic N) is 3. The lowest BCUT2D eigenvalue weighted by atomic mass is 9.71. The van der Waals surface area contributed by atoms with Crippen molar-refractivity contribution < 1.29 is 9.32 Å². The molecule has 5 nitrogen and oxygen atoms in total. The fourth-order valence-corrected chi connectivity index (χ4v) is 5.26. The maximum atomic E-state index is 12.7. The molecule has 1 atom stereocenters. The van der Waals surface area contributed by atoms with Crippen LogP contribution in [0.2, 0.25) is 0 Å². The van der Waals surface area contributed by atoms with Gasteiger partial charge in [-0.2, -0.15) is 0 Å². The summed E-state index contributed by atoms with van der Waals surface area (Å²) in [5, 5.41) is 4.39. The van der Waals surface area contributed by atoms with E-state index in [2.05, 4.69) is 30.9 Å². The molecule has 2 aromatic heterocycles. The Labute approximate surface area is 165 Å². The standard InChI is InChI=1S/C21H29N3O2S/c1-13-19(27-12-22-13)20(25)24-9-7-14(8-10-24)18-16-11-15(21(2,3)4)5-6-17(16)23-26-18/h12,14-15H,5-11H2,1-4H3. The van der Waals surface area contributed by atoms with Crippen molar-refractivity contribution in [1.82, 2.24) is 15.0 Å². The molecule has 6 heteroatoms. The zero-order chi connectivity index (χ0) is 19.2. The highest BCUT2D eigenvalue weighted by molar-refractivity contribution is 7.11. The van der Waals surface area contributed by atoms with Gasteiger partial charge in [0.05, 0.1) is 16.9 Å². The maximum Gasteiger partial charge on any atom is 0.265 e. The number of aryl methyl sites for hydroxylation is 2. The Kier molecular flexibility index (Phi) is 4.87. The van der Waals surface area contributed by atoms with Crippen LogP contribution in [0, 0.1) is 18.3 Å². The molecule has 1 saturated heterocycles. The Morgan fingerprint density at radius 1 is 1.26 bits per heavy atom. The van der Waals surface area contributed by atoms with E-state index in [-0.39, 0.29) is 5.91 Å². The van der Waals surface area contributed by atoms with Crippen molar-refractivity contribution in [1.29, 1.82) is 0 Å². The van der Waals surface area contributed by atoms with E-state index in [0.717, 1.165) is 55.1 Å². The van der Waals surface area contributed by atoms with Crippen molar-refractivity contribution in [2.24, 2.45) is 11.3 Å². The van der Waals surface area contributed by atoms with Crippen molar-refractivity contribution >= 4 is 17.2 Å². The first kappa shape index (κ1) is 18.7. The maximum absolute atomic E-state index is 12.7. The molecular weight excluding hydrogens is 358 g/mol. The molecule has 0 bridgehead atoms. The van der Waals surface area contributed by atoms with Gasteiger partial charge in [0.25, 0.3) is 5.91 Å². The van der Waals surface area contributed by atoms with Crippen LogP contribution in [0.3, 0.4) is 0 Å². The van der Waals surface area contributed by atoms with Crippen LogP contribution in [0.5, 0.6) is 0 Å². The minimum atomic E-state index is 0.126. The van der Waals surface area contributed by atoms with Crippen molar-refractivity contribution in [2.45, 2.75) is 65.7 Å². The van der Waals surface area contributed by atoms with Crippen molar-refractivity contribution in [3.05, 3.63) is 33.1 Å². The molecule has 3 heterocycles. The van der Waals surface area contributed by atoms with Crippen LogP contribution in [0.25, 0.3) is 0 Å². The summed E-state index contributed by atoms with van der Waals surface area (Å²) in [6.45, 7) is 10.5. The number of rotatable bonds is 2. The number of piperidine rings is 1. The molecule has 2 aromatic rings. The van der Waals surface area contributed by atoms with Gasteiger partial charge in [-0.3, -0.25) is 4.79 Å². The zero-order valence-corrected chi connectivity index (χ0v) is 17.6. The number of carbonyl (C=O) groups is 1. The predicted molar refractivity (Wildman–Crippen MR) is 106 cm³/mol. The van der Waals surface area contributed by atoms with Crippen molar-refractivity contribution in [3.63, 3.8) is 0 Å². The SMILES string of the molecule is Cc1ncsc1C(=O)N1CCC(c2onc3c2CC(C(C)(C)C)CC3)CC1. The average molecular weight is 388 g/mol. The molecule has 0 saturated carbocycles. The summed E-state index contributed by atoms with van der Waals surface area (Å²) >= 11 is 1.44. The summed E-state index contributed by atoms with van der Waals surface area (Å²) in [6.07, 6.45) is 5.21. The van der Waals surface area contributed by atoms with Gasteiger partial charge in [-0.05, 0) is 50.4 Å². The third-order valence-electron chi connectivity index (χ3n) is 6.40. The molecular formula is C21H29N3O2S. The number of amides is 1. The van der Waals surface area contributed by atoms with Gasteiger partial charge in [-0.1, -0.05) is 25.9 Å². The van der Waals surface area contributed by atoms with Gasteiger partial charge in [-0.25, -0.2) is 4.98 Å². The molecule has 1 aliphatic carbocycles. The Balaban J connectivity index is 1.45. The number of fused-ring (bicyclic) bond motifs is 1. The molecule has 0 spiro atoms. The summed E-state index contributed by atoms with van der Waals surface area (Å²) in [5.41, 5.74) is 5.44. The topological polar surface area (TPSA) is 59.2 Å². The fraction of sp³-hybridized carbons (Fsp3) is 0.667. The van der Waals surface area contributed by atoms with Gasteiger partial charge >= 0.3 is 0 Å². The van der Waals surface area contributed by atoms with Gasteiger partial charge in [0.1, 0.15) is 10.6 Å². The Bertz CT molecular complexity index is 825. The third kappa shape index (κ3) is 3.56. The second-order valence-electron chi connectivity index (χ2n) is 9.11. The van der Waals surface area contributed by atoms with Gasteiger partial charge in [0.2, 0.25) is 0 Å². The second kappa shape index (κ2) is 7.04. The number of likely N-dealkylation sites (tertiary alicyclic amines) is 1.